The molecule has 220 valence electrons. The van der Waals surface area contributed by atoms with E-state index in [-0.39, 0.29) is 24.4 Å². The van der Waals surface area contributed by atoms with Gasteiger partial charge in [0.25, 0.3) is 0 Å². The van der Waals surface area contributed by atoms with Gasteiger partial charge in [-0.25, -0.2) is 0 Å². The Bertz CT molecular complexity index is 1050. The summed E-state index contributed by atoms with van der Waals surface area (Å²) in [5, 5.41) is 0. The molecule has 1 atom stereocenters. The highest BCUT2D eigenvalue weighted by atomic mass is 79.9. The van der Waals surface area contributed by atoms with Gasteiger partial charge in [-0.15, -0.1) is 0 Å². The zero-order valence-corrected chi connectivity index (χ0v) is 27.1. The smallest absolute Gasteiger partial charge is 0.119 e. The summed E-state index contributed by atoms with van der Waals surface area (Å²) in [5.41, 5.74) is 6.65. The Hall–Kier alpha value is -1.93. The second-order valence-electron chi connectivity index (χ2n) is 10.5. The van der Waals surface area contributed by atoms with E-state index in [1.165, 1.54) is 85.4 Å². The van der Waals surface area contributed by atoms with E-state index in [1.54, 1.807) is 0 Å². The van der Waals surface area contributed by atoms with Gasteiger partial charge in [0, 0.05) is 13.2 Å². The van der Waals surface area contributed by atoms with Crippen LogP contribution >= 0.6 is 8.58 Å². The maximum Gasteiger partial charge on any atom is 0.119 e. The summed E-state index contributed by atoms with van der Waals surface area (Å²) < 4.78 is 5.98. The molecule has 0 amide bonds. The fourth-order valence-electron chi connectivity index (χ4n) is 4.95. The average Bonchev–Trinajstić information content (AvgIpc) is 2.95. The van der Waals surface area contributed by atoms with Gasteiger partial charge in [0.15, 0.2) is 0 Å². The van der Waals surface area contributed by atoms with Gasteiger partial charge >= 0.3 is 0 Å². The lowest BCUT2D eigenvalue weighted by Gasteiger charge is -2.18. The molecule has 0 spiro atoms. The molecule has 0 aromatic heterocycles. The minimum absolute atomic E-state index is 0. The van der Waals surface area contributed by atoms with Crippen molar-refractivity contribution in [3.8, 4) is 5.75 Å². The van der Waals surface area contributed by atoms with Crippen LogP contribution in [0.5, 0.6) is 5.75 Å². The van der Waals surface area contributed by atoms with E-state index in [9.17, 15) is 0 Å². The quantitative estimate of drug-likeness (QED) is 0.0878. The molecule has 40 heavy (non-hydrogen) atoms. The summed E-state index contributed by atoms with van der Waals surface area (Å²) in [6.07, 6.45) is 13.5. The molecule has 2 nitrogen and oxygen atoms in total. The predicted molar refractivity (Wildman–Crippen MR) is 178 cm³/mol. The van der Waals surface area contributed by atoms with Crippen LogP contribution in [0.3, 0.4) is 0 Å². The molecule has 1 unspecified atom stereocenters. The summed E-state index contributed by atoms with van der Waals surface area (Å²) in [4.78, 5) is 2.14. The summed E-state index contributed by atoms with van der Waals surface area (Å²) in [5.74, 6) is 0.931. The number of nitrogens with zero attached hydrogens (tertiary/aromatic N) is 1. The third-order valence-electron chi connectivity index (χ3n) is 7.11. The van der Waals surface area contributed by atoms with Crippen molar-refractivity contribution in [1.29, 1.82) is 0 Å². The van der Waals surface area contributed by atoms with E-state index >= 15 is 0 Å². The normalized spacial score (nSPS) is 11.7. The van der Waals surface area contributed by atoms with Gasteiger partial charge in [-0.2, -0.15) is 0 Å². The molecule has 0 aliphatic rings. The van der Waals surface area contributed by atoms with Crippen molar-refractivity contribution in [1.82, 2.24) is 4.90 Å². The standard InChI is InChI=1S/C35H48NOP.CH4.BrH/c1-36(2)27-28-37-33-25-23-32(24-26-33)35(31-20-14-11-15-21-31)34(30-18-12-10-13-19-30)22-16-8-6-4-5-7-9-17-29-38-3;;/h10-15,18-21,23-26,38H,4-9,16-17,22,27-29H2,1-3H3;1H4;1H/b35-34-;;. The molecule has 3 aromatic rings. The molecule has 0 aliphatic heterocycles. The monoisotopic (exact) mass is 625 g/mol. The van der Waals surface area contributed by atoms with Crippen LogP contribution in [-0.4, -0.2) is 45.0 Å². The molecule has 0 saturated heterocycles. The molecule has 0 N–H and O–H groups in total. The Morgan fingerprint density at radius 3 is 1.70 bits per heavy atom. The number of unbranched alkanes of at least 4 members (excludes halogenated alkanes) is 7. The molecule has 0 heterocycles. The van der Waals surface area contributed by atoms with Crippen LogP contribution in [0.4, 0.5) is 0 Å². The van der Waals surface area contributed by atoms with E-state index < -0.39 is 0 Å². The first-order valence-electron chi connectivity index (χ1n) is 14.7. The first kappa shape index (κ1) is 36.1. The molecule has 0 radical (unpaired) electrons. The average molecular weight is 627 g/mol. The summed E-state index contributed by atoms with van der Waals surface area (Å²) in [6, 6.07) is 30.6. The Labute approximate surface area is 258 Å². The van der Waals surface area contributed by atoms with Crippen molar-refractivity contribution in [2.24, 2.45) is 0 Å². The zero-order chi connectivity index (χ0) is 26.8. The SMILES string of the molecule is C.C[PH2+]CCCCCCCCCC/C(=C(\c1ccccc1)c1ccc(OCCN(C)C)cc1)c1ccccc1.[Br-]. The maximum absolute atomic E-state index is 5.98. The number of ether oxygens (including phenoxy) is 1. The van der Waals surface area contributed by atoms with Gasteiger partial charge in [-0.1, -0.05) is 112 Å². The van der Waals surface area contributed by atoms with Crippen molar-refractivity contribution in [2.45, 2.75) is 65.2 Å². The number of allylic oxidation sites excluding steroid dienone is 1. The largest absolute Gasteiger partial charge is 1.00 e. The van der Waals surface area contributed by atoms with Gasteiger partial charge in [0.2, 0.25) is 0 Å². The zero-order valence-electron chi connectivity index (χ0n) is 24.4. The topological polar surface area (TPSA) is 12.5 Å². The highest BCUT2D eigenvalue weighted by Crippen LogP contribution is 2.36. The minimum Gasteiger partial charge on any atom is -1.00 e. The van der Waals surface area contributed by atoms with Crippen molar-refractivity contribution >= 4 is 19.7 Å². The Morgan fingerprint density at radius 2 is 1.15 bits per heavy atom. The van der Waals surface area contributed by atoms with Gasteiger partial charge in [-0.05, 0) is 88.3 Å². The third kappa shape index (κ3) is 13.2. The van der Waals surface area contributed by atoms with E-state index in [0.29, 0.717) is 15.2 Å². The van der Waals surface area contributed by atoms with Crippen LogP contribution in [0.25, 0.3) is 11.1 Å². The number of likely N-dealkylation sites (N-methyl/N-ethyl adjacent to an activating group) is 1. The van der Waals surface area contributed by atoms with E-state index in [2.05, 4.69) is 111 Å². The van der Waals surface area contributed by atoms with Crippen LogP contribution in [-0.2, 0) is 0 Å². The molecule has 3 aromatic carbocycles. The fourth-order valence-corrected chi connectivity index (χ4v) is 5.64. The molecule has 0 aliphatic carbocycles. The minimum atomic E-state index is 0. The van der Waals surface area contributed by atoms with Gasteiger partial charge < -0.3 is 26.6 Å². The first-order valence-corrected chi connectivity index (χ1v) is 16.7. The lowest BCUT2D eigenvalue weighted by molar-refractivity contribution is -0.00000874. The van der Waals surface area contributed by atoms with Gasteiger partial charge in [0.1, 0.15) is 12.4 Å². The van der Waals surface area contributed by atoms with E-state index in [1.807, 2.05) is 0 Å². The lowest BCUT2D eigenvalue weighted by atomic mass is 9.86. The maximum atomic E-state index is 5.98. The number of rotatable bonds is 18. The molecule has 0 fully saturated rings. The van der Waals surface area contributed by atoms with Crippen LogP contribution < -0.4 is 21.7 Å². The van der Waals surface area contributed by atoms with Gasteiger partial charge in [-0.3, -0.25) is 0 Å². The second-order valence-corrected chi connectivity index (χ2v) is 11.9. The van der Waals surface area contributed by atoms with Crippen molar-refractivity contribution in [3.63, 3.8) is 0 Å². The number of halogens is 1. The number of hydrogen-bond donors (Lipinski definition) is 0. The Kier molecular flexibility index (Phi) is 19.6. The summed E-state index contributed by atoms with van der Waals surface area (Å²) in [7, 11) is 4.84. The number of hydrogen-bond acceptors (Lipinski definition) is 2. The molecule has 0 bridgehead atoms. The van der Waals surface area contributed by atoms with Crippen LogP contribution in [0.1, 0.15) is 81.9 Å². The molecular weight excluding hydrogens is 573 g/mol. The second kappa shape index (κ2) is 21.8. The highest BCUT2D eigenvalue weighted by molar-refractivity contribution is 7.36. The molecule has 3 rings (SSSR count). The molecule has 4 heteroatoms. The predicted octanol–water partition coefficient (Wildman–Crippen LogP) is 6.78. The fraction of sp³-hybridized carbons (Fsp3) is 0.444. The van der Waals surface area contributed by atoms with Crippen molar-refractivity contribution in [2.75, 3.05) is 40.1 Å². The Morgan fingerprint density at radius 1 is 0.650 bits per heavy atom. The Balaban J connectivity index is 0.00000400. The number of benzene rings is 3. The van der Waals surface area contributed by atoms with Crippen molar-refractivity contribution < 1.29 is 21.7 Å². The van der Waals surface area contributed by atoms with Crippen LogP contribution in [0.2, 0.25) is 0 Å². The van der Waals surface area contributed by atoms with E-state index in [0.717, 1.165) is 18.7 Å². The molecular formula is C36H53BrNOP. The van der Waals surface area contributed by atoms with E-state index in [4.69, 9.17) is 4.74 Å². The summed E-state index contributed by atoms with van der Waals surface area (Å²) >= 11 is 0. The third-order valence-corrected chi connectivity index (χ3v) is 8.09. The first-order chi connectivity index (χ1) is 18.7. The van der Waals surface area contributed by atoms with Gasteiger partial charge in [0.05, 0.1) is 6.16 Å². The van der Waals surface area contributed by atoms with Crippen molar-refractivity contribution in [3.05, 3.63) is 102 Å². The molecule has 0 saturated carbocycles. The summed E-state index contributed by atoms with van der Waals surface area (Å²) in [6.45, 7) is 3.98. The van der Waals surface area contributed by atoms with Crippen LogP contribution in [0.15, 0.2) is 84.9 Å². The highest BCUT2D eigenvalue weighted by Gasteiger charge is 2.14. The lowest BCUT2D eigenvalue weighted by Crippen LogP contribution is -3.00. The van der Waals surface area contributed by atoms with Crippen LogP contribution in [0, 0.1) is 0 Å².